The summed E-state index contributed by atoms with van der Waals surface area (Å²) in [5, 5.41) is 0.578. The number of rotatable bonds is 7. The number of hydrogen-bond donors (Lipinski definition) is 0. The van der Waals surface area contributed by atoms with Crippen molar-refractivity contribution in [1.82, 2.24) is 9.88 Å². The molecule has 0 aliphatic rings. The number of sulfone groups is 1. The number of carbonyl (C=O) groups excluding carboxylic acids is 1. The Kier molecular flexibility index (Phi) is 6.59. The van der Waals surface area contributed by atoms with E-state index in [2.05, 4.69) is 12.1 Å². The Morgan fingerprint density at radius 1 is 1.10 bits per heavy atom. The van der Waals surface area contributed by atoms with Gasteiger partial charge in [-0.05, 0) is 57.3 Å². The van der Waals surface area contributed by atoms with Crippen LogP contribution in [0.3, 0.4) is 0 Å². The standard InChI is InChI=1S/C22H27N3O3S2/c1-6-30(27,28)19-10-8-7-9-17(19)21(26)25(12-11-24(4)5)22-23-20-16(3)13-15(2)14-18(20)29-22/h7-10,13-14H,6,11-12H2,1-5H3. The van der Waals surface area contributed by atoms with Gasteiger partial charge in [-0.2, -0.15) is 0 Å². The van der Waals surface area contributed by atoms with Gasteiger partial charge >= 0.3 is 0 Å². The second kappa shape index (κ2) is 8.83. The lowest BCUT2D eigenvalue weighted by molar-refractivity contribution is 0.0982. The van der Waals surface area contributed by atoms with Crippen molar-refractivity contribution in [3.63, 3.8) is 0 Å². The van der Waals surface area contributed by atoms with Crippen LogP contribution in [0.25, 0.3) is 10.2 Å². The minimum atomic E-state index is -3.53. The molecule has 0 aliphatic heterocycles. The molecule has 3 rings (SSSR count). The third-order valence-electron chi connectivity index (χ3n) is 4.90. The first-order valence-electron chi connectivity index (χ1n) is 9.80. The highest BCUT2D eigenvalue weighted by Crippen LogP contribution is 2.33. The van der Waals surface area contributed by atoms with Gasteiger partial charge in [0.05, 0.1) is 26.4 Å². The monoisotopic (exact) mass is 445 g/mol. The molecule has 0 aliphatic carbocycles. The summed E-state index contributed by atoms with van der Waals surface area (Å²) in [4.78, 5) is 22.0. The van der Waals surface area contributed by atoms with Gasteiger partial charge in [-0.3, -0.25) is 9.69 Å². The van der Waals surface area contributed by atoms with Crippen LogP contribution in [0.4, 0.5) is 5.13 Å². The van der Waals surface area contributed by atoms with Crippen molar-refractivity contribution in [3.8, 4) is 0 Å². The number of anilines is 1. The molecular weight excluding hydrogens is 418 g/mol. The van der Waals surface area contributed by atoms with Crippen LogP contribution in [0.2, 0.25) is 0 Å². The van der Waals surface area contributed by atoms with E-state index in [9.17, 15) is 13.2 Å². The quantitative estimate of drug-likeness (QED) is 0.551. The highest BCUT2D eigenvalue weighted by Gasteiger charge is 2.27. The summed E-state index contributed by atoms with van der Waals surface area (Å²) < 4.78 is 26.2. The first kappa shape index (κ1) is 22.4. The van der Waals surface area contributed by atoms with Gasteiger partial charge in [-0.1, -0.05) is 36.5 Å². The molecule has 0 spiro atoms. The number of likely N-dealkylation sites (N-methyl/N-ethyl adjacent to an activating group) is 1. The Balaban J connectivity index is 2.12. The fourth-order valence-electron chi connectivity index (χ4n) is 3.27. The van der Waals surface area contributed by atoms with Crippen molar-refractivity contribution in [2.75, 3.05) is 37.8 Å². The maximum atomic E-state index is 13.6. The molecule has 0 fully saturated rings. The number of thiazole rings is 1. The smallest absolute Gasteiger partial charge is 0.261 e. The van der Waals surface area contributed by atoms with Gasteiger partial charge in [0, 0.05) is 13.1 Å². The van der Waals surface area contributed by atoms with Crippen LogP contribution in [0.15, 0.2) is 41.3 Å². The molecule has 8 heteroatoms. The molecule has 0 atom stereocenters. The molecule has 6 nitrogen and oxygen atoms in total. The van der Waals surface area contributed by atoms with Crippen LogP contribution < -0.4 is 4.90 Å². The lowest BCUT2D eigenvalue weighted by Crippen LogP contribution is -2.37. The molecule has 30 heavy (non-hydrogen) atoms. The maximum Gasteiger partial charge on any atom is 0.261 e. The van der Waals surface area contributed by atoms with Crippen LogP contribution in [-0.4, -0.2) is 57.1 Å². The molecule has 0 saturated carbocycles. The van der Waals surface area contributed by atoms with Crippen LogP contribution in [-0.2, 0) is 9.84 Å². The van der Waals surface area contributed by atoms with Gasteiger partial charge in [-0.15, -0.1) is 0 Å². The highest BCUT2D eigenvalue weighted by atomic mass is 32.2. The molecule has 0 unspecified atom stereocenters. The molecule has 2 aromatic carbocycles. The maximum absolute atomic E-state index is 13.6. The van der Waals surface area contributed by atoms with E-state index in [4.69, 9.17) is 4.98 Å². The summed E-state index contributed by atoms with van der Waals surface area (Å²) in [6, 6.07) is 10.6. The van der Waals surface area contributed by atoms with E-state index in [1.807, 2.05) is 32.8 Å². The number of fused-ring (bicyclic) bond motifs is 1. The first-order chi connectivity index (χ1) is 14.1. The van der Waals surface area contributed by atoms with Gasteiger partial charge in [0.1, 0.15) is 0 Å². The average Bonchev–Trinajstić information content (AvgIpc) is 3.11. The fraction of sp³-hybridized carbons (Fsp3) is 0.364. The van der Waals surface area contributed by atoms with E-state index in [0.717, 1.165) is 21.3 Å². The largest absolute Gasteiger partial charge is 0.308 e. The third-order valence-corrected chi connectivity index (χ3v) is 7.71. The number of nitrogens with zero attached hydrogens (tertiary/aromatic N) is 3. The molecule has 0 saturated heterocycles. The Bertz CT molecular complexity index is 1180. The first-order valence-corrected chi connectivity index (χ1v) is 12.3. The van der Waals surface area contributed by atoms with Crippen molar-refractivity contribution in [3.05, 3.63) is 53.1 Å². The summed E-state index contributed by atoms with van der Waals surface area (Å²) in [7, 11) is 0.336. The zero-order valence-electron chi connectivity index (χ0n) is 18.0. The van der Waals surface area contributed by atoms with Gasteiger partial charge in [0.2, 0.25) is 0 Å². The van der Waals surface area contributed by atoms with Crippen molar-refractivity contribution >= 4 is 42.4 Å². The zero-order valence-corrected chi connectivity index (χ0v) is 19.6. The molecule has 3 aromatic rings. The number of aromatic nitrogens is 1. The van der Waals surface area contributed by atoms with Gasteiger partial charge in [0.15, 0.2) is 15.0 Å². The van der Waals surface area contributed by atoms with E-state index in [1.54, 1.807) is 30.0 Å². The topological polar surface area (TPSA) is 70.6 Å². The van der Waals surface area contributed by atoms with Crippen LogP contribution in [0.1, 0.15) is 28.4 Å². The molecule has 1 aromatic heterocycles. The van der Waals surface area contributed by atoms with E-state index >= 15 is 0 Å². The molecule has 1 amide bonds. The molecule has 0 N–H and O–H groups in total. The Morgan fingerprint density at radius 2 is 1.80 bits per heavy atom. The molecule has 1 heterocycles. The Hall–Kier alpha value is -2.29. The number of hydrogen-bond acceptors (Lipinski definition) is 6. The summed E-state index contributed by atoms with van der Waals surface area (Å²) in [6.45, 7) is 6.66. The summed E-state index contributed by atoms with van der Waals surface area (Å²) in [5.74, 6) is -0.410. The predicted octanol–water partition coefficient (Wildman–Crippen LogP) is 3.92. The number of aryl methyl sites for hydroxylation is 2. The second-order valence-electron chi connectivity index (χ2n) is 7.58. The van der Waals surface area contributed by atoms with Crippen molar-refractivity contribution in [2.24, 2.45) is 0 Å². The predicted molar refractivity (Wildman–Crippen MR) is 123 cm³/mol. The summed E-state index contributed by atoms with van der Waals surface area (Å²) in [6.07, 6.45) is 0. The van der Waals surface area contributed by atoms with Crippen molar-refractivity contribution < 1.29 is 13.2 Å². The van der Waals surface area contributed by atoms with Crippen LogP contribution >= 0.6 is 11.3 Å². The lowest BCUT2D eigenvalue weighted by Gasteiger charge is -2.23. The molecular formula is C22H27N3O3S2. The SMILES string of the molecule is CCS(=O)(=O)c1ccccc1C(=O)N(CCN(C)C)c1nc2c(C)cc(C)cc2s1. The molecule has 160 valence electrons. The minimum Gasteiger partial charge on any atom is -0.308 e. The number of carbonyl (C=O) groups is 1. The normalized spacial score (nSPS) is 11.9. The summed E-state index contributed by atoms with van der Waals surface area (Å²) >= 11 is 1.45. The average molecular weight is 446 g/mol. The van der Waals surface area contributed by atoms with E-state index < -0.39 is 9.84 Å². The van der Waals surface area contributed by atoms with E-state index in [1.165, 1.54) is 17.4 Å². The Morgan fingerprint density at radius 3 is 2.47 bits per heavy atom. The fourth-order valence-corrected chi connectivity index (χ4v) is 5.53. The minimum absolute atomic E-state index is 0.0609. The van der Waals surface area contributed by atoms with Crippen LogP contribution in [0.5, 0.6) is 0 Å². The lowest BCUT2D eigenvalue weighted by atomic mass is 10.1. The van der Waals surface area contributed by atoms with Gasteiger partial charge in [-0.25, -0.2) is 13.4 Å². The number of amides is 1. The Labute approximate surface area is 182 Å². The van der Waals surface area contributed by atoms with Crippen molar-refractivity contribution in [1.29, 1.82) is 0 Å². The molecule has 0 radical (unpaired) electrons. The van der Waals surface area contributed by atoms with Crippen LogP contribution in [0, 0.1) is 13.8 Å². The number of benzene rings is 2. The highest BCUT2D eigenvalue weighted by molar-refractivity contribution is 7.91. The van der Waals surface area contributed by atoms with Crippen molar-refractivity contribution in [2.45, 2.75) is 25.7 Å². The summed E-state index contributed by atoms with van der Waals surface area (Å²) in [5.41, 5.74) is 3.25. The third kappa shape index (κ3) is 4.55. The van der Waals surface area contributed by atoms with E-state index in [-0.39, 0.29) is 22.1 Å². The van der Waals surface area contributed by atoms with Gasteiger partial charge < -0.3 is 4.90 Å². The second-order valence-corrected chi connectivity index (χ2v) is 10.8. The molecule has 0 bridgehead atoms. The van der Waals surface area contributed by atoms with E-state index in [0.29, 0.717) is 18.2 Å². The zero-order chi connectivity index (χ0) is 22.1. The van der Waals surface area contributed by atoms with Gasteiger partial charge in [0.25, 0.3) is 5.91 Å².